The van der Waals surface area contributed by atoms with Crippen LogP contribution < -0.4 is 9.47 Å². The maximum Gasteiger partial charge on any atom is 0.137 e. The lowest BCUT2D eigenvalue weighted by atomic mass is 10.1. The number of aromatic amines is 1. The van der Waals surface area contributed by atoms with Crippen molar-refractivity contribution in [1.29, 1.82) is 0 Å². The number of nitrogens with zero attached hydrogens (tertiary/aromatic N) is 2. The topological polar surface area (TPSA) is 77.1 Å². The fourth-order valence-corrected chi connectivity index (χ4v) is 4.01. The molecule has 0 aliphatic rings. The average Bonchev–Trinajstić information content (AvgIpc) is 3.04. The van der Waals surface area contributed by atoms with E-state index in [0.29, 0.717) is 16.4 Å². The number of rotatable bonds is 5. The van der Waals surface area contributed by atoms with Crippen molar-refractivity contribution in [3.8, 4) is 11.5 Å². The van der Waals surface area contributed by atoms with Gasteiger partial charge in [0, 0.05) is 23.4 Å². The molecule has 2 aromatic heterocycles. The van der Waals surface area contributed by atoms with Crippen LogP contribution in [-0.4, -0.2) is 33.4 Å². The molecule has 0 spiro atoms. The van der Waals surface area contributed by atoms with E-state index >= 15 is 0 Å². The molecule has 0 bridgehead atoms. The van der Waals surface area contributed by atoms with Crippen LogP contribution in [0, 0.1) is 13.8 Å². The largest absolute Gasteiger partial charge is 0.496 e. The highest BCUT2D eigenvalue weighted by Gasteiger charge is 2.17. The van der Waals surface area contributed by atoms with Gasteiger partial charge < -0.3 is 14.5 Å². The number of H-pyrrole nitrogens is 1. The normalized spacial score (nSPS) is 12.3. The highest BCUT2D eigenvalue weighted by Crippen LogP contribution is 2.30. The van der Waals surface area contributed by atoms with Gasteiger partial charge in [0.1, 0.15) is 11.5 Å². The summed E-state index contributed by atoms with van der Waals surface area (Å²) >= 11 is 0. The van der Waals surface area contributed by atoms with Crippen molar-refractivity contribution in [2.75, 3.05) is 14.2 Å². The van der Waals surface area contributed by atoms with Crippen LogP contribution in [0.5, 0.6) is 11.5 Å². The van der Waals surface area contributed by atoms with E-state index < -0.39 is 10.8 Å². The Kier molecular flexibility index (Phi) is 4.53. The van der Waals surface area contributed by atoms with E-state index in [4.69, 9.17) is 9.47 Å². The van der Waals surface area contributed by atoms with Crippen molar-refractivity contribution in [2.24, 2.45) is 0 Å². The number of hydrogen-bond acceptors (Lipinski definition) is 5. The minimum Gasteiger partial charge on any atom is -0.496 e. The van der Waals surface area contributed by atoms with Crippen molar-refractivity contribution in [3.05, 3.63) is 41.5 Å². The quantitative estimate of drug-likeness (QED) is 0.769. The lowest BCUT2D eigenvalue weighted by Crippen LogP contribution is -2.05. The van der Waals surface area contributed by atoms with Gasteiger partial charge >= 0.3 is 0 Å². The first kappa shape index (κ1) is 16.4. The molecule has 1 unspecified atom stereocenters. The van der Waals surface area contributed by atoms with Crippen molar-refractivity contribution in [1.82, 2.24) is 15.0 Å². The molecule has 7 heteroatoms. The van der Waals surface area contributed by atoms with Crippen LogP contribution in [0.1, 0.15) is 16.8 Å². The monoisotopic (exact) mass is 345 g/mol. The second-order valence-corrected chi connectivity index (χ2v) is 6.88. The zero-order chi connectivity index (χ0) is 17.3. The van der Waals surface area contributed by atoms with E-state index in [1.807, 2.05) is 19.9 Å². The molecule has 3 aromatic rings. The number of fused-ring (bicyclic) bond motifs is 1. The molecule has 0 amide bonds. The van der Waals surface area contributed by atoms with Crippen LogP contribution in [0.15, 0.2) is 29.6 Å². The average molecular weight is 345 g/mol. The predicted octanol–water partition coefficient (Wildman–Crippen LogP) is 2.90. The third kappa shape index (κ3) is 2.87. The Labute approximate surface area is 142 Å². The van der Waals surface area contributed by atoms with E-state index in [2.05, 4.69) is 15.0 Å². The van der Waals surface area contributed by atoms with Gasteiger partial charge in [0.2, 0.25) is 0 Å². The van der Waals surface area contributed by atoms with Gasteiger partial charge in [0.15, 0.2) is 0 Å². The summed E-state index contributed by atoms with van der Waals surface area (Å²) in [7, 11) is 1.89. The van der Waals surface area contributed by atoms with Gasteiger partial charge in [-0.3, -0.25) is 9.19 Å². The molecular weight excluding hydrogens is 326 g/mol. The number of aryl methyl sites for hydroxylation is 1. The van der Waals surface area contributed by atoms with Gasteiger partial charge in [-0.25, -0.2) is 4.98 Å². The Morgan fingerprint density at radius 3 is 2.67 bits per heavy atom. The van der Waals surface area contributed by atoms with Crippen LogP contribution >= 0.6 is 0 Å². The first-order valence-electron chi connectivity index (χ1n) is 7.43. The summed E-state index contributed by atoms with van der Waals surface area (Å²) in [6.45, 7) is 3.87. The second kappa shape index (κ2) is 6.60. The molecular formula is C17H19N3O3S. The lowest BCUT2D eigenvalue weighted by molar-refractivity contribution is 0.404. The molecule has 1 aromatic carbocycles. The van der Waals surface area contributed by atoms with Crippen molar-refractivity contribution in [2.45, 2.75) is 24.5 Å². The Hall–Kier alpha value is -2.41. The number of pyridine rings is 1. The summed E-state index contributed by atoms with van der Waals surface area (Å²) in [6, 6.07) is 3.60. The fraction of sp³-hybridized carbons (Fsp3) is 0.294. The number of aromatic nitrogens is 3. The van der Waals surface area contributed by atoms with Crippen LogP contribution in [0.25, 0.3) is 11.0 Å². The highest BCUT2D eigenvalue weighted by molar-refractivity contribution is 7.84. The van der Waals surface area contributed by atoms with E-state index in [1.165, 1.54) is 0 Å². The molecule has 0 saturated carbocycles. The molecule has 24 heavy (non-hydrogen) atoms. The molecule has 0 fully saturated rings. The number of imidazole rings is 1. The summed E-state index contributed by atoms with van der Waals surface area (Å²) in [6.07, 6.45) is 3.35. The molecule has 6 nitrogen and oxygen atoms in total. The molecule has 0 radical (unpaired) electrons. The first-order valence-corrected chi connectivity index (χ1v) is 8.75. The molecule has 0 saturated heterocycles. The van der Waals surface area contributed by atoms with Crippen LogP contribution in [-0.2, 0) is 16.6 Å². The molecule has 3 rings (SSSR count). The third-order valence-electron chi connectivity index (χ3n) is 3.97. The van der Waals surface area contributed by atoms with Crippen LogP contribution in [0.4, 0.5) is 0 Å². The third-order valence-corrected chi connectivity index (χ3v) is 5.31. The second-order valence-electron chi connectivity index (χ2n) is 5.46. The predicted molar refractivity (Wildman–Crippen MR) is 93.0 cm³/mol. The Morgan fingerprint density at radius 2 is 1.96 bits per heavy atom. The number of nitrogens with one attached hydrogen (secondary N) is 1. The molecule has 126 valence electrons. The fourth-order valence-electron chi connectivity index (χ4n) is 2.70. The van der Waals surface area contributed by atoms with Gasteiger partial charge in [-0.1, -0.05) is 0 Å². The van der Waals surface area contributed by atoms with E-state index in [1.54, 1.807) is 32.8 Å². The van der Waals surface area contributed by atoms with Crippen molar-refractivity contribution < 1.29 is 13.7 Å². The number of methoxy groups -OCH3 is 2. The van der Waals surface area contributed by atoms with Crippen LogP contribution in [0.3, 0.4) is 0 Å². The molecule has 1 N–H and O–H groups in total. The molecule has 1 atom stereocenters. The van der Waals surface area contributed by atoms with Gasteiger partial charge in [-0.2, -0.15) is 0 Å². The summed E-state index contributed by atoms with van der Waals surface area (Å²) in [5, 5.41) is 0. The summed E-state index contributed by atoms with van der Waals surface area (Å²) in [5.74, 6) is 1.64. The summed E-state index contributed by atoms with van der Waals surface area (Å²) in [4.78, 5) is 12.3. The number of benzene rings is 1. The maximum atomic E-state index is 12.9. The van der Waals surface area contributed by atoms with Gasteiger partial charge in [0.25, 0.3) is 0 Å². The maximum absolute atomic E-state index is 12.9. The number of hydrogen-bond donors (Lipinski definition) is 1. The van der Waals surface area contributed by atoms with Gasteiger partial charge in [-0.15, -0.1) is 0 Å². The van der Waals surface area contributed by atoms with Crippen molar-refractivity contribution >= 4 is 21.8 Å². The van der Waals surface area contributed by atoms with E-state index in [0.717, 1.165) is 33.6 Å². The Bertz CT molecular complexity index is 921. The first-order chi connectivity index (χ1) is 11.5. The Balaban J connectivity index is 1.98. The minimum absolute atomic E-state index is 0.290. The van der Waals surface area contributed by atoms with Crippen LogP contribution in [0.2, 0.25) is 0 Å². The van der Waals surface area contributed by atoms with Crippen molar-refractivity contribution in [3.63, 3.8) is 0 Å². The summed E-state index contributed by atoms with van der Waals surface area (Å²) in [5.41, 5.74) is 4.22. The molecule has 2 heterocycles. The number of ether oxygens (including phenoxy) is 2. The smallest absolute Gasteiger partial charge is 0.137 e. The SMILES string of the molecule is COc1cc2nc[nH]c2cc1S(=O)Cc1ncc(C)c(OC)c1C. The van der Waals surface area contributed by atoms with E-state index in [-0.39, 0.29) is 0 Å². The lowest BCUT2D eigenvalue weighted by Gasteiger charge is -2.13. The van der Waals surface area contributed by atoms with Gasteiger partial charge in [-0.05, 0) is 19.9 Å². The summed E-state index contributed by atoms with van der Waals surface area (Å²) < 4.78 is 23.7. The molecule has 0 aliphatic heterocycles. The van der Waals surface area contributed by atoms with Gasteiger partial charge in [0.05, 0.1) is 58.7 Å². The Morgan fingerprint density at radius 1 is 1.17 bits per heavy atom. The standard InChI is InChI=1S/C17H19N3O3S/c1-10-7-18-14(11(2)17(10)23-4)8-24(21)16-6-13-12(19-9-20-13)5-15(16)22-3/h5-7,9H,8H2,1-4H3,(H,19,20). The zero-order valence-corrected chi connectivity index (χ0v) is 14.9. The highest BCUT2D eigenvalue weighted by atomic mass is 32.2. The van der Waals surface area contributed by atoms with E-state index in [9.17, 15) is 4.21 Å². The molecule has 0 aliphatic carbocycles. The zero-order valence-electron chi connectivity index (χ0n) is 14.0. The minimum atomic E-state index is -1.30.